The predicted octanol–water partition coefficient (Wildman–Crippen LogP) is 4.42. The summed E-state index contributed by atoms with van der Waals surface area (Å²) in [6.45, 7) is -1.02. The van der Waals surface area contributed by atoms with Gasteiger partial charge in [-0.1, -0.05) is 0 Å². The molecule has 0 radical (unpaired) electrons. The summed E-state index contributed by atoms with van der Waals surface area (Å²) in [5, 5.41) is 12.9. The molecule has 2 aromatic heterocycles. The van der Waals surface area contributed by atoms with Gasteiger partial charge in [0.05, 0.1) is 23.0 Å². The molecular formula is C27H25F2N7O2. The molecule has 3 N–H and O–H groups in total. The standard InChI is InChI=1S/C27H25F2N7O2/c28-27(29)38-21-4-1-18(2-5-21)23-16-33-25-24(32-9-12-36(23)25)34-20-3-6-22(19(13-20)15-31)26(37)35-10-7-17(14-30)8-11-35/h1-6,9,12-13,16-17,27H,7-8,10-11,14,30H2,(H,32,34). The SMILES string of the molecule is N#Cc1cc(Nc2nccn3c(-c4ccc(OC(F)F)cc4)cnc23)ccc1C(=O)N1CCC(CN)CC1. The number of nitriles is 1. The van der Waals surface area contributed by atoms with E-state index in [1.54, 1.807) is 53.8 Å². The Kier molecular flexibility index (Phi) is 7.15. The van der Waals surface area contributed by atoms with Gasteiger partial charge in [-0.05, 0) is 67.8 Å². The first-order valence-corrected chi connectivity index (χ1v) is 12.1. The molecule has 9 nitrogen and oxygen atoms in total. The summed E-state index contributed by atoms with van der Waals surface area (Å²) in [4.78, 5) is 23.7. The van der Waals surface area contributed by atoms with Crippen LogP contribution in [0.2, 0.25) is 0 Å². The van der Waals surface area contributed by atoms with E-state index in [4.69, 9.17) is 5.73 Å². The number of nitrogens with one attached hydrogen (secondary N) is 1. The average molecular weight is 518 g/mol. The van der Waals surface area contributed by atoms with Gasteiger partial charge in [0, 0.05) is 36.7 Å². The van der Waals surface area contributed by atoms with Crippen molar-refractivity contribution in [2.45, 2.75) is 19.5 Å². The van der Waals surface area contributed by atoms with E-state index in [9.17, 15) is 18.8 Å². The molecule has 0 atom stereocenters. The first-order chi connectivity index (χ1) is 18.5. The average Bonchev–Trinajstić information content (AvgIpc) is 3.38. The normalized spacial score (nSPS) is 14.0. The molecule has 11 heteroatoms. The van der Waals surface area contributed by atoms with Crippen LogP contribution in [-0.4, -0.2) is 51.4 Å². The highest BCUT2D eigenvalue weighted by atomic mass is 19.3. The molecule has 3 heterocycles. The lowest BCUT2D eigenvalue weighted by atomic mass is 9.96. The number of carbonyl (C=O) groups is 1. The minimum absolute atomic E-state index is 0.0665. The molecule has 1 aliphatic heterocycles. The van der Waals surface area contributed by atoms with Crippen molar-refractivity contribution < 1.29 is 18.3 Å². The van der Waals surface area contributed by atoms with E-state index in [-0.39, 0.29) is 17.2 Å². The van der Waals surface area contributed by atoms with Crippen LogP contribution in [0, 0.1) is 17.2 Å². The molecule has 38 heavy (non-hydrogen) atoms. The van der Waals surface area contributed by atoms with Crippen LogP contribution in [-0.2, 0) is 0 Å². The fourth-order valence-electron chi connectivity index (χ4n) is 4.61. The highest BCUT2D eigenvalue weighted by molar-refractivity contribution is 5.97. The molecule has 5 rings (SSSR count). The van der Waals surface area contributed by atoms with Gasteiger partial charge >= 0.3 is 6.61 Å². The summed E-state index contributed by atoms with van der Waals surface area (Å²) in [5.41, 5.74) is 8.97. The van der Waals surface area contributed by atoms with Gasteiger partial charge in [-0.25, -0.2) is 9.97 Å². The minimum Gasteiger partial charge on any atom is -0.435 e. The molecular weight excluding hydrogens is 492 g/mol. The Morgan fingerprint density at radius 1 is 1.18 bits per heavy atom. The van der Waals surface area contributed by atoms with Crippen molar-refractivity contribution in [2.24, 2.45) is 11.7 Å². The fraction of sp³-hybridized carbons (Fsp3) is 0.259. The number of alkyl halides is 2. The Labute approximate surface area is 217 Å². The van der Waals surface area contributed by atoms with E-state index in [0.29, 0.717) is 48.3 Å². The van der Waals surface area contributed by atoms with Crippen molar-refractivity contribution in [3.05, 3.63) is 72.2 Å². The number of rotatable bonds is 7. The molecule has 1 saturated heterocycles. The van der Waals surface area contributed by atoms with Crippen LogP contribution in [0.1, 0.15) is 28.8 Å². The third kappa shape index (κ3) is 5.12. The van der Waals surface area contributed by atoms with Crippen LogP contribution in [0.5, 0.6) is 5.75 Å². The maximum absolute atomic E-state index is 13.1. The zero-order valence-corrected chi connectivity index (χ0v) is 20.3. The molecule has 2 aromatic carbocycles. The number of anilines is 2. The van der Waals surface area contributed by atoms with Gasteiger partial charge in [0.2, 0.25) is 0 Å². The van der Waals surface area contributed by atoms with E-state index < -0.39 is 6.61 Å². The maximum atomic E-state index is 13.1. The number of likely N-dealkylation sites (tertiary alicyclic amines) is 1. The van der Waals surface area contributed by atoms with E-state index in [1.807, 2.05) is 4.40 Å². The summed E-state index contributed by atoms with van der Waals surface area (Å²) in [5.74, 6) is 0.782. The smallest absolute Gasteiger partial charge is 0.387 e. The number of ether oxygens (including phenoxy) is 1. The highest BCUT2D eigenvalue weighted by Crippen LogP contribution is 2.28. The molecule has 194 valence electrons. The second kappa shape index (κ2) is 10.8. The largest absolute Gasteiger partial charge is 0.435 e. The van der Waals surface area contributed by atoms with Crippen molar-refractivity contribution in [3.8, 4) is 23.1 Å². The number of benzene rings is 2. The number of fused-ring (bicyclic) bond motifs is 1. The summed E-state index contributed by atoms with van der Waals surface area (Å²) >= 11 is 0. The predicted molar refractivity (Wildman–Crippen MR) is 137 cm³/mol. The molecule has 1 aliphatic rings. The summed E-state index contributed by atoms with van der Waals surface area (Å²) in [7, 11) is 0. The third-order valence-corrected chi connectivity index (χ3v) is 6.67. The molecule has 0 spiro atoms. The number of piperidine rings is 1. The highest BCUT2D eigenvalue weighted by Gasteiger charge is 2.25. The molecule has 1 fully saturated rings. The number of imidazole rings is 1. The number of aromatic nitrogens is 3. The lowest BCUT2D eigenvalue weighted by Gasteiger charge is -2.31. The number of hydrogen-bond acceptors (Lipinski definition) is 7. The Morgan fingerprint density at radius 3 is 2.63 bits per heavy atom. The fourth-order valence-corrected chi connectivity index (χ4v) is 4.61. The number of halogens is 2. The maximum Gasteiger partial charge on any atom is 0.387 e. The Bertz CT molecular complexity index is 1490. The van der Waals surface area contributed by atoms with E-state index in [1.165, 1.54) is 12.1 Å². The molecule has 0 aliphatic carbocycles. The third-order valence-electron chi connectivity index (χ3n) is 6.67. The summed E-state index contributed by atoms with van der Waals surface area (Å²) < 4.78 is 31.1. The van der Waals surface area contributed by atoms with Gasteiger partial charge in [-0.3, -0.25) is 9.20 Å². The van der Waals surface area contributed by atoms with Crippen LogP contribution in [0.25, 0.3) is 16.9 Å². The first kappa shape index (κ1) is 25.1. The zero-order chi connectivity index (χ0) is 26.6. The topological polar surface area (TPSA) is 122 Å². The Balaban J connectivity index is 1.37. The van der Waals surface area contributed by atoms with Gasteiger partial charge in [0.1, 0.15) is 11.8 Å². The van der Waals surface area contributed by atoms with Gasteiger partial charge in [0.25, 0.3) is 5.91 Å². The second-order valence-electron chi connectivity index (χ2n) is 8.98. The number of nitrogens with two attached hydrogens (primary N) is 1. The lowest BCUT2D eigenvalue weighted by molar-refractivity contribution is -0.0498. The number of carbonyl (C=O) groups excluding carboxylic acids is 1. The van der Waals surface area contributed by atoms with Crippen molar-refractivity contribution in [1.29, 1.82) is 5.26 Å². The van der Waals surface area contributed by atoms with Crippen molar-refractivity contribution in [2.75, 3.05) is 25.0 Å². The van der Waals surface area contributed by atoms with Crippen LogP contribution in [0.15, 0.2) is 61.1 Å². The van der Waals surface area contributed by atoms with Crippen LogP contribution < -0.4 is 15.8 Å². The van der Waals surface area contributed by atoms with E-state index in [0.717, 1.165) is 24.1 Å². The molecule has 0 bridgehead atoms. The molecule has 1 amide bonds. The first-order valence-electron chi connectivity index (χ1n) is 12.1. The Hall–Kier alpha value is -4.56. The summed E-state index contributed by atoms with van der Waals surface area (Å²) in [6, 6.07) is 13.4. The monoisotopic (exact) mass is 517 g/mol. The van der Waals surface area contributed by atoms with E-state index in [2.05, 4.69) is 26.1 Å². The molecule has 0 unspecified atom stereocenters. The Morgan fingerprint density at radius 2 is 1.95 bits per heavy atom. The number of amides is 1. The van der Waals surface area contributed by atoms with Crippen molar-refractivity contribution in [3.63, 3.8) is 0 Å². The summed E-state index contributed by atoms with van der Waals surface area (Å²) in [6.07, 6.45) is 6.71. The lowest BCUT2D eigenvalue weighted by Crippen LogP contribution is -2.40. The van der Waals surface area contributed by atoms with E-state index >= 15 is 0 Å². The van der Waals surface area contributed by atoms with Crippen molar-refractivity contribution in [1.82, 2.24) is 19.3 Å². The van der Waals surface area contributed by atoms with Gasteiger partial charge in [-0.15, -0.1) is 0 Å². The van der Waals surface area contributed by atoms with Gasteiger partial charge in [0.15, 0.2) is 11.5 Å². The zero-order valence-electron chi connectivity index (χ0n) is 20.3. The van der Waals surface area contributed by atoms with Crippen LogP contribution in [0.4, 0.5) is 20.3 Å². The molecule has 0 saturated carbocycles. The quantitative estimate of drug-likeness (QED) is 0.372. The van der Waals surface area contributed by atoms with Gasteiger partial charge in [-0.2, -0.15) is 14.0 Å². The number of nitrogens with zero attached hydrogens (tertiary/aromatic N) is 5. The van der Waals surface area contributed by atoms with Crippen LogP contribution >= 0.6 is 0 Å². The van der Waals surface area contributed by atoms with Gasteiger partial charge < -0.3 is 20.7 Å². The van der Waals surface area contributed by atoms with Crippen LogP contribution in [0.3, 0.4) is 0 Å². The molecule has 4 aromatic rings. The minimum atomic E-state index is -2.89. The second-order valence-corrected chi connectivity index (χ2v) is 8.98. The van der Waals surface area contributed by atoms with Crippen molar-refractivity contribution >= 4 is 23.1 Å². The number of hydrogen-bond donors (Lipinski definition) is 2.